The van der Waals surface area contributed by atoms with Crippen LogP contribution in [0.2, 0.25) is 0 Å². The molecule has 0 radical (unpaired) electrons. The van der Waals surface area contributed by atoms with Crippen molar-refractivity contribution in [1.29, 1.82) is 0 Å². The van der Waals surface area contributed by atoms with E-state index in [4.69, 9.17) is 5.73 Å². The summed E-state index contributed by atoms with van der Waals surface area (Å²) in [6.45, 7) is 2.63. The predicted molar refractivity (Wildman–Crippen MR) is 64.5 cm³/mol. The second-order valence-corrected chi connectivity index (χ2v) is 5.43. The zero-order valence-corrected chi connectivity index (χ0v) is 11.2. The average Bonchev–Trinajstić information content (AvgIpc) is 2.71. The molecule has 1 atom stereocenters. The van der Waals surface area contributed by atoms with Gasteiger partial charge in [-0.3, -0.25) is 0 Å². The first-order chi connectivity index (χ1) is 8.75. The molecule has 19 heavy (non-hydrogen) atoms. The van der Waals surface area contributed by atoms with Crippen molar-refractivity contribution in [3.05, 3.63) is 11.6 Å². The topological polar surface area (TPSA) is 56.7 Å². The standard InChI is InChI=1S/C12H19F3N4/c1-8-17-18-10(11(2,16)12(13,14)15)19(8)9-6-4-3-5-7-9/h9H,3-7,16H2,1-2H3. The Kier molecular flexibility index (Phi) is 3.59. The molecule has 1 unspecified atom stereocenters. The molecular formula is C12H19F3N4. The van der Waals surface area contributed by atoms with Gasteiger partial charge in [0.1, 0.15) is 5.82 Å². The molecule has 0 saturated heterocycles. The van der Waals surface area contributed by atoms with E-state index in [0.29, 0.717) is 5.82 Å². The van der Waals surface area contributed by atoms with Gasteiger partial charge < -0.3 is 10.3 Å². The largest absolute Gasteiger partial charge is 0.413 e. The molecule has 0 bridgehead atoms. The van der Waals surface area contributed by atoms with Gasteiger partial charge in [-0.15, -0.1) is 10.2 Å². The summed E-state index contributed by atoms with van der Waals surface area (Å²) in [5.74, 6) is 0.326. The fourth-order valence-corrected chi connectivity index (χ4v) is 2.63. The Bertz CT molecular complexity index is 444. The van der Waals surface area contributed by atoms with Crippen molar-refractivity contribution in [2.75, 3.05) is 0 Å². The van der Waals surface area contributed by atoms with Crippen LogP contribution in [0.1, 0.15) is 56.7 Å². The summed E-state index contributed by atoms with van der Waals surface area (Å²) in [6, 6.07) is 0.0315. The molecule has 1 fully saturated rings. The SMILES string of the molecule is Cc1nnc(C(C)(N)C(F)(F)F)n1C1CCCCC1. The van der Waals surface area contributed by atoms with Gasteiger partial charge in [0.05, 0.1) is 0 Å². The number of nitrogens with zero attached hydrogens (tertiary/aromatic N) is 3. The van der Waals surface area contributed by atoms with E-state index in [2.05, 4.69) is 10.2 Å². The van der Waals surface area contributed by atoms with Gasteiger partial charge in [-0.05, 0) is 26.7 Å². The second-order valence-electron chi connectivity index (χ2n) is 5.43. The van der Waals surface area contributed by atoms with Crippen molar-refractivity contribution >= 4 is 0 Å². The first kappa shape index (κ1) is 14.3. The van der Waals surface area contributed by atoms with E-state index in [0.717, 1.165) is 39.0 Å². The van der Waals surface area contributed by atoms with Gasteiger partial charge in [0.25, 0.3) is 0 Å². The van der Waals surface area contributed by atoms with Gasteiger partial charge in [0, 0.05) is 6.04 Å². The van der Waals surface area contributed by atoms with Crippen molar-refractivity contribution in [3.8, 4) is 0 Å². The number of nitrogens with two attached hydrogens (primary N) is 1. The summed E-state index contributed by atoms with van der Waals surface area (Å²) in [4.78, 5) is 0. The molecule has 1 saturated carbocycles. The lowest BCUT2D eigenvalue weighted by atomic mass is 9.93. The molecule has 1 heterocycles. The van der Waals surface area contributed by atoms with Crippen LogP contribution in [-0.2, 0) is 5.54 Å². The Balaban J connectivity index is 2.42. The Morgan fingerprint density at radius 2 is 1.74 bits per heavy atom. The summed E-state index contributed by atoms with van der Waals surface area (Å²) in [5, 5.41) is 7.50. The minimum Gasteiger partial charge on any atom is -0.311 e. The fraction of sp³-hybridized carbons (Fsp3) is 0.833. The molecule has 0 amide bonds. The first-order valence-corrected chi connectivity index (χ1v) is 6.52. The van der Waals surface area contributed by atoms with Crippen molar-refractivity contribution in [2.24, 2.45) is 5.73 Å². The summed E-state index contributed by atoms with van der Waals surface area (Å²) >= 11 is 0. The van der Waals surface area contributed by atoms with Crippen molar-refractivity contribution in [1.82, 2.24) is 14.8 Å². The molecule has 7 heteroatoms. The van der Waals surface area contributed by atoms with Crippen molar-refractivity contribution in [2.45, 2.75) is 63.7 Å². The summed E-state index contributed by atoms with van der Waals surface area (Å²) < 4.78 is 40.8. The number of rotatable bonds is 2. The summed E-state index contributed by atoms with van der Waals surface area (Å²) in [7, 11) is 0. The monoisotopic (exact) mass is 276 g/mol. The van der Waals surface area contributed by atoms with Crippen molar-refractivity contribution < 1.29 is 13.2 Å². The molecule has 4 nitrogen and oxygen atoms in total. The third-order valence-electron chi connectivity index (χ3n) is 3.86. The zero-order chi connectivity index (χ0) is 14.3. The maximum atomic E-state index is 13.1. The smallest absolute Gasteiger partial charge is 0.311 e. The highest BCUT2D eigenvalue weighted by atomic mass is 19.4. The molecule has 1 aromatic rings. The van der Waals surface area contributed by atoms with E-state index in [1.807, 2.05) is 0 Å². The molecule has 0 aliphatic heterocycles. The van der Waals surface area contributed by atoms with Gasteiger partial charge in [-0.1, -0.05) is 19.3 Å². The van der Waals surface area contributed by atoms with Gasteiger partial charge in [-0.2, -0.15) is 13.2 Å². The summed E-state index contributed by atoms with van der Waals surface area (Å²) in [6.07, 6.45) is 0.356. The first-order valence-electron chi connectivity index (χ1n) is 6.52. The lowest BCUT2D eigenvalue weighted by Gasteiger charge is -2.31. The van der Waals surface area contributed by atoms with E-state index in [1.54, 1.807) is 11.5 Å². The molecular weight excluding hydrogens is 257 g/mol. The van der Waals surface area contributed by atoms with Crippen LogP contribution in [0, 0.1) is 6.92 Å². The highest BCUT2D eigenvalue weighted by Gasteiger charge is 2.53. The van der Waals surface area contributed by atoms with E-state index in [-0.39, 0.29) is 11.9 Å². The van der Waals surface area contributed by atoms with Crippen molar-refractivity contribution in [3.63, 3.8) is 0 Å². The third kappa shape index (κ3) is 2.48. The third-order valence-corrected chi connectivity index (χ3v) is 3.86. The highest BCUT2D eigenvalue weighted by Crippen LogP contribution is 2.38. The Hall–Kier alpha value is -1.11. The van der Waals surface area contributed by atoms with Crippen LogP contribution in [0.4, 0.5) is 13.2 Å². The Morgan fingerprint density at radius 3 is 2.26 bits per heavy atom. The molecule has 1 aliphatic rings. The molecule has 1 aliphatic carbocycles. The number of hydrogen-bond acceptors (Lipinski definition) is 3. The quantitative estimate of drug-likeness (QED) is 0.903. The van der Waals surface area contributed by atoms with E-state index >= 15 is 0 Å². The summed E-state index contributed by atoms with van der Waals surface area (Å²) in [5.41, 5.74) is 3.02. The molecule has 2 N–H and O–H groups in total. The van der Waals surface area contributed by atoms with E-state index < -0.39 is 11.7 Å². The molecule has 0 aromatic carbocycles. The second kappa shape index (κ2) is 4.77. The van der Waals surface area contributed by atoms with E-state index in [1.165, 1.54) is 0 Å². The maximum Gasteiger partial charge on any atom is 0.413 e. The Morgan fingerprint density at radius 1 is 1.16 bits per heavy atom. The van der Waals surface area contributed by atoms with Gasteiger partial charge >= 0.3 is 6.18 Å². The molecule has 2 rings (SSSR count). The van der Waals surface area contributed by atoms with Crippen LogP contribution in [0.25, 0.3) is 0 Å². The maximum absolute atomic E-state index is 13.1. The number of aromatic nitrogens is 3. The van der Waals surface area contributed by atoms with E-state index in [9.17, 15) is 13.2 Å². The van der Waals surface area contributed by atoms with Crippen LogP contribution >= 0.6 is 0 Å². The number of alkyl halides is 3. The van der Waals surface area contributed by atoms with Gasteiger partial charge in [0.2, 0.25) is 0 Å². The number of halogens is 3. The molecule has 0 spiro atoms. The van der Waals surface area contributed by atoms with Crippen LogP contribution in [0.15, 0.2) is 0 Å². The number of aryl methyl sites for hydroxylation is 1. The molecule has 1 aromatic heterocycles. The molecule has 108 valence electrons. The minimum atomic E-state index is -4.54. The lowest BCUT2D eigenvalue weighted by Crippen LogP contribution is -2.50. The van der Waals surface area contributed by atoms with Crippen LogP contribution in [0.5, 0.6) is 0 Å². The normalized spacial score (nSPS) is 21.4. The predicted octanol–water partition coefficient (Wildman–Crippen LogP) is 2.83. The zero-order valence-electron chi connectivity index (χ0n) is 11.2. The fourth-order valence-electron chi connectivity index (χ4n) is 2.63. The minimum absolute atomic E-state index is 0.0315. The van der Waals surface area contributed by atoms with Crippen LogP contribution in [0.3, 0.4) is 0 Å². The van der Waals surface area contributed by atoms with Crippen LogP contribution < -0.4 is 5.73 Å². The Labute approximate surface area is 110 Å². The average molecular weight is 276 g/mol. The van der Waals surface area contributed by atoms with Gasteiger partial charge in [-0.25, -0.2) is 0 Å². The lowest BCUT2D eigenvalue weighted by molar-refractivity contribution is -0.187. The van der Waals surface area contributed by atoms with Gasteiger partial charge in [0.15, 0.2) is 11.4 Å². The number of hydrogen-bond donors (Lipinski definition) is 1. The highest BCUT2D eigenvalue weighted by molar-refractivity contribution is 5.11. The van der Waals surface area contributed by atoms with Crippen LogP contribution in [-0.4, -0.2) is 20.9 Å².